The molecule has 5 nitrogen and oxygen atoms in total. The summed E-state index contributed by atoms with van der Waals surface area (Å²) in [5.74, 6) is 2.46. The summed E-state index contributed by atoms with van der Waals surface area (Å²) in [6, 6.07) is 0. The molecule has 0 atom stereocenters. The molecule has 0 radical (unpaired) electrons. The van der Waals surface area contributed by atoms with Crippen molar-refractivity contribution < 1.29 is 4.92 Å². The molecule has 13 heavy (non-hydrogen) atoms. The van der Waals surface area contributed by atoms with Crippen LogP contribution in [0.25, 0.3) is 0 Å². The smallest absolute Gasteiger partial charge is 0.274 e. The first-order valence-electron chi connectivity index (χ1n) is 3.65. The predicted molar refractivity (Wildman–Crippen MR) is 47.1 cm³/mol. The lowest BCUT2D eigenvalue weighted by Crippen LogP contribution is -2.16. The molecule has 0 aliphatic heterocycles. The maximum atomic E-state index is 10.5. The molecule has 0 aromatic carbocycles. The number of nitrogens with zero attached hydrogens (tertiary/aromatic N) is 2. The van der Waals surface area contributed by atoms with E-state index in [1.54, 1.807) is 13.8 Å². The van der Waals surface area contributed by atoms with Crippen molar-refractivity contribution in [2.75, 3.05) is 0 Å². The van der Waals surface area contributed by atoms with E-state index in [9.17, 15) is 10.1 Å². The van der Waals surface area contributed by atoms with Gasteiger partial charge in [-0.3, -0.25) is 15.2 Å². The lowest BCUT2D eigenvalue weighted by molar-refractivity contribution is -0.385. The van der Waals surface area contributed by atoms with Crippen LogP contribution in [0.2, 0.25) is 0 Å². The summed E-state index contributed by atoms with van der Waals surface area (Å²) in [4.78, 5) is 10.0. The van der Waals surface area contributed by atoms with E-state index in [2.05, 4.69) is 16.1 Å². The van der Waals surface area contributed by atoms with Crippen LogP contribution in [-0.2, 0) is 5.41 Å². The molecule has 0 saturated carbocycles. The summed E-state index contributed by atoms with van der Waals surface area (Å²) in [5, 5.41) is 16.7. The van der Waals surface area contributed by atoms with Crippen molar-refractivity contribution in [1.82, 2.24) is 10.2 Å². The number of H-pyrrole nitrogens is 1. The Hall–Kier alpha value is -1.83. The van der Waals surface area contributed by atoms with E-state index in [0.29, 0.717) is 5.69 Å². The molecular formula is C8H9N3O2. The molecule has 0 aliphatic carbocycles. The van der Waals surface area contributed by atoms with Crippen molar-refractivity contribution in [3.8, 4) is 12.3 Å². The van der Waals surface area contributed by atoms with Crippen molar-refractivity contribution in [3.63, 3.8) is 0 Å². The highest BCUT2D eigenvalue weighted by Gasteiger charge is 2.29. The SMILES string of the molecule is C#CC(C)(C)c1[nH]ncc1[N+](=O)[O-]. The highest BCUT2D eigenvalue weighted by molar-refractivity contribution is 5.41. The fourth-order valence-corrected chi connectivity index (χ4v) is 0.950. The van der Waals surface area contributed by atoms with Gasteiger partial charge in [-0.05, 0) is 13.8 Å². The highest BCUT2D eigenvalue weighted by atomic mass is 16.6. The van der Waals surface area contributed by atoms with E-state index < -0.39 is 10.3 Å². The Bertz CT molecular complexity index is 373. The van der Waals surface area contributed by atoms with Crippen LogP contribution in [0.1, 0.15) is 19.5 Å². The zero-order valence-corrected chi connectivity index (χ0v) is 7.37. The minimum atomic E-state index is -0.696. The molecule has 0 bridgehead atoms. The molecule has 1 heterocycles. The third-order valence-electron chi connectivity index (χ3n) is 1.80. The topological polar surface area (TPSA) is 71.8 Å². The number of terminal acetylenes is 1. The van der Waals surface area contributed by atoms with Crippen molar-refractivity contribution >= 4 is 5.69 Å². The Morgan fingerprint density at radius 3 is 2.85 bits per heavy atom. The molecule has 1 N–H and O–H groups in total. The van der Waals surface area contributed by atoms with Gasteiger partial charge in [0.05, 0.1) is 10.3 Å². The molecule has 68 valence electrons. The Kier molecular flexibility index (Phi) is 2.07. The van der Waals surface area contributed by atoms with Gasteiger partial charge in [0.15, 0.2) is 0 Å². The average molecular weight is 179 g/mol. The van der Waals surface area contributed by atoms with E-state index in [-0.39, 0.29) is 5.69 Å². The molecule has 0 amide bonds. The first kappa shape index (κ1) is 9.26. The van der Waals surface area contributed by atoms with Gasteiger partial charge in [0, 0.05) is 0 Å². The van der Waals surface area contributed by atoms with E-state index in [1.807, 2.05) is 0 Å². The Morgan fingerprint density at radius 2 is 2.38 bits per heavy atom. The maximum Gasteiger partial charge on any atom is 0.311 e. The van der Waals surface area contributed by atoms with Gasteiger partial charge in [-0.15, -0.1) is 6.42 Å². The fourth-order valence-electron chi connectivity index (χ4n) is 0.950. The van der Waals surface area contributed by atoms with Crippen LogP contribution in [0.4, 0.5) is 5.69 Å². The van der Waals surface area contributed by atoms with Crippen molar-refractivity contribution in [2.24, 2.45) is 0 Å². The Balaban J connectivity index is 3.24. The minimum absolute atomic E-state index is 0.0667. The normalized spacial score (nSPS) is 10.8. The molecular weight excluding hydrogens is 170 g/mol. The van der Waals surface area contributed by atoms with Gasteiger partial charge in [0.1, 0.15) is 11.9 Å². The maximum absolute atomic E-state index is 10.5. The number of nitrogens with one attached hydrogen (secondary N) is 1. The summed E-state index contributed by atoms with van der Waals surface area (Å²) >= 11 is 0. The fraction of sp³-hybridized carbons (Fsp3) is 0.375. The van der Waals surface area contributed by atoms with Gasteiger partial charge in [0.2, 0.25) is 0 Å². The lowest BCUT2D eigenvalue weighted by atomic mass is 9.90. The lowest BCUT2D eigenvalue weighted by Gasteiger charge is -2.13. The third kappa shape index (κ3) is 1.51. The van der Waals surface area contributed by atoms with Gasteiger partial charge < -0.3 is 0 Å². The van der Waals surface area contributed by atoms with Gasteiger partial charge in [-0.2, -0.15) is 5.10 Å². The van der Waals surface area contributed by atoms with Gasteiger partial charge in [-0.25, -0.2) is 0 Å². The molecule has 1 aromatic heterocycles. The van der Waals surface area contributed by atoms with E-state index >= 15 is 0 Å². The number of aromatic amines is 1. The quantitative estimate of drug-likeness (QED) is 0.421. The second-order valence-corrected chi connectivity index (χ2v) is 3.16. The van der Waals surface area contributed by atoms with Crippen LogP contribution in [0.5, 0.6) is 0 Å². The van der Waals surface area contributed by atoms with Gasteiger partial charge in [-0.1, -0.05) is 5.92 Å². The molecule has 0 fully saturated rings. The number of aromatic nitrogens is 2. The Morgan fingerprint density at radius 1 is 1.77 bits per heavy atom. The molecule has 5 heteroatoms. The monoisotopic (exact) mass is 179 g/mol. The number of nitro groups is 1. The van der Waals surface area contributed by atoms with Gasteiger partial charge >= 0.3 is 5.69 Å². The standard InChI is InChI=1S/C8H9N3O2/c1-4-8(2,3)7-6(11(12)13)5-9-10-7/h1,5H,2-3H3,(H,9,10). The van der Waals surface area contributed by atoms with Crippen molar-refractivity contribution in [1.29, 1.82) is 0 Å². The van der Waals surface area contributed by atoms with E-state index in [1.165, 1.54) is 0 Å². The molecule has 1 rings (SSSR count). The zero-order valence-electron chi connectivity index (χ0n) is 7.37. The van der Waals surface area contributed by atoms with E-state index in [0.717, 1.165) is 6.20 Å². The molecule has 0 spiro atoms. The summed E-state index contributed by atoms with van der Waals surface area (Å²) < 4.78 is 0. The minimum Gasteiger partial charge on any atom is -0.274 e. The van der Waals surface area contributed by atoms with Crippen LogP contribution < -0.4 is 0 Å². The first-order chi connectivity index (χ1) is 5.99. The van der Waals surface area contributed by atoms with Crippen LogP contribution >= 0.6 is 0 Å². The second kappa shape index (κ2) is 2.90. The molecule has 0 unspecified atom stereocenters. The molecule has 0 saturated heterocycles. The van der Waals surface area contributed by atoms with Gasteiger partial charge in [0.25, 0.3) is 0 Å². The van der Waals surface area contributed by atoms with Crippen LogP contribution in [0.3, 0.4) is 0 Å². The third-order valence-corrected chi connectivity index (χ3v) is 1.80. The first-order valence-corrected chi connectivity index (χ1v) is 3.65. The molecule has 0 aliphatic rings. The predicted octanol–water partition coefficient (Wildman–Crippen LogP) is 1.23. The van der Waals surface area contributed by atoms with Crippen molar-refractivity contribution in [2.45, 2.75) is 19.3 Å². The largest absolute Gasteiger partial charge is 0.311 e. The summed E-state index contributed by atoms with van der Waals surface area (Å²) in [5.41, 5.74) is -0.401. The second-order valence-electron chi connectivity index (χ2n) is 3.16. The number of hydrogen-bond donors (Lipinski definition) is 1. The number of rotatable bonds is 2. The average Bonchev–Trinajstić information content (AvgIpc) is 2.52. The summed E-state index contributed by atoms with van der Waals surface area (Å²) in [6.45, 7) is 3.43. The zero-order chi connectivity index (χ0) is 10.1. The Labute approximate surface area is 75.3 Å². The van der Waals surface area contributed by atoms with Crippen LogP contribution in [0, 0.1) is 22.5 Å². The van der Waals surface area contributed by atoms with Crippen LogP contribution in [-0.4, -0.2) is 15.1 Å². The van der Waals surface area contributed by atoms with Crippen molar-refractivity contribution in [3.05, 3.63) is 22.0 Å². The summed E-state index contributed by atoms with van der Waals surface area (Å²) in [7, 11) is 0. The molecule has 1 aromatic rings. The van der Waals surface area contributed by atoms with E-state index in [4.69, 9.17) is 6.42 Å². The van der Waals surface area contributed by atoms with Crippen LogP contribution in [0.15, 0.2) is 6.20 Å². The number of hydrogen-bond acceptors (Lipinski definition) is 3. The highest BCUT2D eigenvalue weighted by Crippen LogP contribution is 2.28. The summed E-state index contributed by atoms with van der Waals surface area (Å²) in [6.07, 6.45) is 6.41.